The topological polar surface area (TPSA) is 58.1 Å². The summed E-state index contributed by atoms with van der Waals surface area (Å²) in [4.78, 5) is 23.2. The first-order valence-corrected chi connectivity index (χ1v) is 7.78. The second-order valence-corrected chi connectivity index (χ2v) is 6.59. The van der Waals surface area contributed by atoms with Crippen LogP contribution in [-0.2, 0) is 0 Å². The quantitative estimate of drug-likeness (QED) is 0.931. The van der Waals surface area contributed by atoms with Crippen LogP contribution in [0.2, 0.25) is 5.02 Å². The summed E-state index contributed by atoms with van der Waals surface area (Å²) in [5.74, 6) is 1.01. The minimum atomic E-state index is -0.203. The van der Waals surface area contributed by atoms with Crippen LogP contribution in [0.4, 0.5) is 0 Å². The summed E-state index contributed by atoms with van der Waals surface area (Å²) in [6.45, 7) is 8.11. The third-order valence-corrected chi connectivity index (χ3v) is 4.20. The standard InChI is InChI=1S/C15H23ClN4O/c1-9(2)14-17-7-11(16)13(19-14)15(21)18-12-5-6-20(4)8-10(12)3/h7,9-10,12H,5-6,8H2,1-4H3,(H,18,21). The molecule has 0 saturated carbocycles. The number of hydrogen-bond donors (Lipinski definition) is 1. The molecule has 5 nitrogen and oxygen atoms in total. The van der Waals surface area contributed by atoms with Gasteiger partial charge in [-0.25, -0.2) is 9.97 Å². The van der Waals surface area contributed by atoms with E-state index in [1.54, 1.807) is 0 Å². The Balaban J connectivity index is 2.11. The molecule has 2 rings (SSSR count). The molecule has 2 atom stereocenters. The smallest absolute Gasteiger partial charge is 0.271 e. The van der Waals surface area contributed by atoms with Crippen LogP contribution >= 0.6 is 11.6 Å². The van der Waals surface area contributed by atoms with Crippen molar-refractivity contribution in [3.05, 3.63) is 22.7 Å². The van der Waals surface area contributed by atoms with Crippen LogP contribution in [0.3, 0.4) is 0 Å². The van der Waals surface area contributed by atoms with Gasteiger partial charge in [0.05, 0.1) is 11.2 Å². The van der Waals surface area contributed by atoms with Crippen LogP contribution in [0, 0.1) is 5.92 Å². The van der Waals surface area contributed by atoms with Gasteiger partial charge in [0.2, 0.25) is 0 Å². The molecule has 1 aromatic rings. The fourth-order valence-electron chi connectivity index (χ4n) is 2.62. The minimum Gasteiger partial charge on any atom is -0.348 e. The number of aromatic nitrogens is 2. The summed E-state index contributed by atoms with van der Waals surface area (Å²) in [5, 5.41) is 3.38. The first-order valence-electron chi connectivity index (χ1n) is 7.40. The van der Waals surface area contributed by atoms with Gasteiger partial charge in [-0.2, -0.15) is 0 Å². The van der Waals surface area contributed by atoms with Crippen molar-refractivity contribution in [1.29, 1.82) is 0 Å². The highest BCUT2D eigenvalue weighted by molar-refractivity contribution is 6.33. The van der Waals surface area contributed by atoms with Crippen LogP contribution in [-0.4, -0.2) is 47.0 Å². The second-order valence-electron chi connectivity index (χ2n) is 6.19. The number of nitrogens with zero attached hydrogens (tertiary/aromatic N) is 3. The summed E-state index contributed by atoms with van der Waals surface area (Å²) >= 11 is 6.08. The minimum absolute atomic E-state index is 0.163. The van der Waals surface area contributed by atoms with Crippen molar-refractivity contribution in [2.24, 2.45) is 5.92 Å². The Labute approximate surface area is 131 Å². The molecule has 0 radical (unpaired) electrons. The maximum Gasteiger partial charge on any atom is 0.271 e. The molecule has 2 heterocycles. The molecule has 21 heavy (non-hydrogen) atoms. The second kappa shape index (κ2) is 6.71. The van der Waals surface area contributed by atoms with Crippen LogP contribution in [0.1, 0.15) is 49.4 Å². The fourth-order valence-corrected chi connectivity index (χ4v) is 2.80. The van der Waals surface area contributed by atoms with Gasteiger partial charge in [-0.3, -0.25) is 4.79 Å². The van der Waals surface area contributed by atoms with Gasteiger partial charge in [0, 0.05) is 18.5 Å². The maximum atomic E-state index is 12.4. The largest absolute Gasteiger partial charge is 0.348 e. The van der Waals surface area contributed by atoms with Crippen LogP contribution in [0.25, 0.3) is 0 Å². The third-order valence-electron chi connectivity index (χ3n) is 3.92. The number of carbonyl (C=O) groups excluding carboxylic acids is 1. The van der Waals surface area contributed by atoms with Crippen molar-refractivity contribution >= 4 is 17.5 Å². The molecule has 6 heteroatoms. The molecule has 116 valence electrons. The summed E-state index contributed by atoms with van der Waals surface area (Å²) in [5.41, 5.74) is 0.279. The average Bonchev–Trinajstić information content (AvgIpc) is 2.42. The zero-order valence-electron chi connectivity index (χ0n) is 13.1. The summed E-state index contributed by atoms with van der Waals surface area (Å²) in [7, 11) is 2.10. The molecular formula is C15H23ClN4O. The van der Waals surface area contributed by atoms with Gasteiger partial charge in [-0.1, -0.05) is 32.4 Å². The molecule has 1 aliphatic heterocycles. The number of hydrogen-bond acceptors (Lipinski definition) is 4. The molecule has 0 bridgehead atoms. The van der Waals surface area contributed by atoms with Crippen molar-refractivity contribution in [3.8, 4) is 0 Å². The number of nitrogens with one attached hydrogen (secondary N) is 1. The lowest BCUT2D eigenvalue weighted by atomic mass is 9.94. The van der Waals surface area contributed by atoms with E-state index in [1.165, 1.54) is 6.20 Å². The molecule has 0 aliphatic carbocycles. The van der Waals surface area contributed by atoms with E-state index in [0.29, 0.717) is 16.8 Å². The van der Waals surface area contributed by atoms with Gasteiger partial charge in [0.25, 0.3) is 5.91 Å². The zero-order chi connectivity index (χ0) is 15.6. The molecule has 1 N–H and O–H groups in total. The number of carbonyl (C=O) groups is 1. The van der Waals surface area contributed by atoms with E-state index in [4.69, 9.17) is 11.6 Å². The average molecular weight is 311 g/mol. The summed E-state index contributed by atoms with van der Waals surface area (Å²) in [6, 6.07) is 0.169. The summed E-state index contributed by atoms with van der Waals surface area (Å²) in [6.07, 6.45) is 2.46. The van der Waals surface area contributed by atoms with Gasteiger partial charge in [0.15, 0.2) is 0 Å². The molecule has 1 aliphatic rings. The molecule has 0 spiro atoms. The van der Waals surface area contributed by atoms with Gasteiger partial charge < -0.3 is 10.2 Å². The van der Waals surface area contributed by atoms with Gasteiger partial charge in [-0.05, 0) is 25.9 Å². The highest BCUT2D eigenvalue weighted by Gasteiger charge is 2.27. The normalized spacial score (nSPS) is 23.3. The summed E-state index contributed by atoms with van der Waals surface area (Å²) < 4.78 is 0. The molecule has 1 amide bonds. The molecule has 2 unspecified atom stereocenters. The van der Waals surface area contributed by atoms with Crippen molar-refractivity contribution < 1.29 is 4.79 Å². The zero-order valence-corrected chi connectivity index (χ0v) is 13.8. The van der Waals surface area contributed by atoms with E-state index in [1.807, 2.05) is 13.8 Å². The number of piperidine rings is 1. The van der Waals surface area contributed by atoms with E-state index in [0.717, 1.165) is 19.5 Å². The monoisotopic (exact) mass is 310 g/mol. The molecule has 0 aromatic carbocycles. The van der Waals surface area contributed by atoms with Gasteiger partial charge in [-0.15, -0.1) is 0 Å². The number of rotatable bonds is 3. The van der Waals surface area contributed by atoms with Crippen LogP contribution < -0.4 is 5.32 Å². The number of amides is 1. The van der Waals surface area contributed by atoms with Gasteiger partial charge >= 0.3 is 0 Å². The lowest BCUT2D eigenvalue weighted by molar-refractivity contribution is 0.0878. The van der Waals surface area contributed by atoms with Crippen LogP contribution in [0.15, 0.2) is 6.20 Å². The van der Waals surface area contributed by atoms with Crippen LogP contribution in [0.5, 0.6) is 0 Å². The molecule has 1 fully saturated rings. The number of halogens is 1. The first kappa shape index (κ1) is 16.2. The van der Waals surface area contributed by atoms with Crippen molar-refractivity contribution in [2.45, 2.75) is 39.2 Å². The highest BCUT2D eigenvalue weighted by Crippen LogP contribution is 2.19. The SMILES string of the molecule is CC(C)c1ncc(Cl)c(C(=O)NC2CCN(C)CC2C)n1. The Kier molecular flexibility index (Phi) is 5.17. The Hall–Kier alpha value is -1.20. The fraction of sp³-hybridized carbons (Fsp3) is 0.667. The van der Waals surface area contributed by atoms with E-state index in [2.05, 4.69) is 34.2 Å². The Morgan fingerprint density at radius 1 is 1.52 bits per heavy atom. The third kappa shape index (κ3) is 3.92. The highest BCUT2D eigenvalue weighted by atomic mass is 35.5. The lowest BCUT2D eigenvalue weighted by Gasteiger charge is -2.35. The lowest BCUT2D eigenvalue weighted by Crippen LogP contribution is -2.49. The predicted octanol–water partition coefficient (Wildman–Crippen LogP) is 2.32. The molecule has 1 saturated heterocycles. The van der Waals surface area contributed by atoms with Gasteiger partial charge in [0.1, 0.15) is 11.5 Å². The first-order chi connectivity index (χ1) is 9.88. The van der Waals surface area contributed by atoms with Crippen molar-refractivity contribution in [2.75, 3.05) is 20.1 Å². The van der Waals surface area contributed by atoms with E-state index >= 15 is 0 Å². The molecule has 1 aromatic heterocycles. The Morgan fingerprint density at radius 3 is 2.86 bits per heavy atom. The Bertz CT molecular complexity index is 520. The van der Waals surface area contributed by atoms with Crippen molar-refractivity contribution in [1.82, 2.24) is 20.2 Å². The van der Waals surface area contributed by atoms with E-state index in [9.17, 15) is 4.79 Å². The van der Waals surface area contributed by atoms with E-state index < -0.39 is 0 Å². The van der Waals surface area contributed by atoms with E-state index in [-0.39, 0.29) is 23.6 Å². The van der Waals surface area contributed by atoms with Crippen molar-refractivity contribution in [3.63, 3.8) is 0 Å². The number of likely N-dealkylation sites (tertiary alicyclic amines) is 1. The Morgan fingerprint density at radius 2 is 2.24 bits per heavy atom. The maximum absolute atomic E-state index is 12.4. The molecular weight excluding hydrogens is 288 g/mol. The predicted molar refractivity (Wildman–Crippen MR) is 83.7 cm³/mol.